The van der Waals surface area contributed by atoms with Gasteiger partial charge in [-0.05, 0) is 27.8 Å². The molecule has 0 heterocycles. The van der Waals surface area contributed by atoms with Crippen molar-refractivity contribution >= 4 is 5.84 Å². The Hall–Kier alpha value is -3.65. The van der Waals surface area contributed by atoms with Crippen molar-refractivity contribution in [3.05, 3.63) is 120 Å². The van der Waals surface area contributed by atoms with Crippen LogP contribution in [-0.2, 0) is 6.54 Å². The molecule has 0 spiro atoms. The van der Waals surface area contributed by atoms with Crippen LogP contribution in [0.3, 0.4) is 0 Å². The molecule has 0 bridgehead atoms. The number of hydrogen-bond acceptors (Lipinski definition) is 1. The lowest BCUT2D eigenvalue weighted by molar-refractivity contribution is 1.06. The third-order valence-electron chi connectivity index (χ3n) is 4.78. The lowest BCUT2D eigenvalue weighted by Crippen LogP contribution is -2.13. The molecule has 4 aromatic rings. The van der Waals surface area contributed by atoms with E-state index in [1.54, 1.807) is 0 Å². The van der Waals surface area contributed by atoms with Gasteiger partial charge in [0.25, 0.3) is 0 Å². The van der Waals surface area contributed by atoms with Crippen LogP contribution in [0.2, 0.25) is 0 Å². The summed E-state index contributed by atoms with van der Waals surface area (Å²) in [6.07, 6.45) is 0. The molecule has 0 amide bonds. The highest BCUT2D eigenvalue weighted by Crippen LogP contribution is 2.20. The van der Waals surface area contributed by atoms with E-state index in [9.17, 15) is 0 Å². The second kappa shape index (κ2) is 8.36. The normalized spacial score (nSPS) is 11.4. The molecule has 0 aliphatic heterocycles. The van der Waals surface area contributed by atoms with Crippen LogP contribution >= 0.6 is 0 Å². The molecule has 0 radical (unpaired) electrons. The molecular weight excluding hydrogens is 340 g/mol. The fourth-order valence-electron chi connectivity index (χ4n) is 3.16. The third-order valence-corrected chi connectivity index (χ3v) is 4.78. The Bertz CT molecular complexity index is 1050. The molecule has 2 N–H and O–H groups in total. The predicted octanol–water partition coefficient (Wildman–Crippen LogP) is 5.93. The summed E-state index contributed by atoms with van der Waals surface area (Å²) in [5, 5.41) is 0. The van der Waals surface area contributed by atoms with Gasteiger partial charge in [0.2, 0.25) is 0 Å². The minimum absolute atomic E-state index is 0.562. The summed E-state index contributed by atoms with van der Waals surface area (Å²) in [5.41, 5.74) is 13.1. The predicted molar refractivity (Wildman–Crippen MR) is 118 cm³/mol. The van der Waals surface area contributed by atoms with Gasteiger partial charge in [0.05, 0.1) is 6.54 Å². The average molecular weight is 362 g/mol. The van der Waals surface area contributed by atoms with Crippen LogP contribution in [0.5, 0.6) is 0 Å². The topological polar surface area (TPSA) is 38.4 Å². The molecule has 2 nitrogen and oxygen atoms in total. The molecule has 0 saturated heterocycles. The standard InChI is InChI=1S/C26H22N2/c27-26(25-17-15-24(16-18-25)22-9-5-2-6-10-22)28-19-20-11-13-23(14-12-20)21-7-3-1-4-8-21/h1-18H,19H2,(H2,27,28). The summed E-state index contributed by atoms with van der Waals surface area (Å²) in [6.45, 7) is 0.571. The number of nitrogens with two attached hydrogens (primary N) is 1. The summed E-state index contributed by atoms with van der Waals surface area (Å²) in [5.74, 6) is 0.562. The van der Waals surface area contributed by atoms with Gasteiger partial charge in [0.15, 0.2) is 0 Å². The summed E-state index contributed by atoms with van der Waals surface area (Å²) >= 11 is 0. The first-order valence-corrected chi connectivity index (χ1v) is 9.40. The number of rotatable bonds is 5. The number of amidine groups is 1. The monoisotopic (exact) mass is 362 g/mol. The van der Waals surface area contributed by atoms with Gasteiger partial charge in [-0.1, -0.05) is 109 Å². The minimum Gasteiger partial charge on any atom is -0.383 e. The average Bonchev–Trinajstić information content (AvgIpc) is 2.79. The lowest BCUT2D eigenvalue weighted by atomic mass is 10.0. The second-order valence-electron chi connectivity index (χ2n) is 6.71. The highest BCUT2D eigenvalue weighted by Gasteiger charge is 2.02. The molecule has 0 saturated carbocycles. The summed E-state index contributed by atoms with van der Waals surface area (Å²) in [7, 11) is 0. The van der Waals surface area contributed by atoms with Gasteiger partial charge in [-0.25, -0.2) is 0 Å². The molecule has 0 aromatic heterocycles. The van der Waals surface area contributed by atoms with Gasteiger partial charge >= 0.3 is 0 Å². The van der Waals surface area contributed by atoms with Gasteiger partial charge in [0.1, 0.15) is 5.84 Å². The van der Waals surface area contributed by atoms with Crippen molar-refractivity contribution < 1.29 is 0 Å². The summed E-state index contributed by atoms with van der Waals surface area (Å²) in [6, 6.07) is 37.4. The number of hydrogen-bond donors (Lipinski definition) is 1. The van der Waals surface area contributed by atoms with Crippen molar-refractivity contribution in [1.82, 2.24) is 0 Å². The van der Waals surface area contributed by atoms with Crippen LogP contribution in [0.25, 0.3) is 22.3 Å². The molecule has 4 aromatic carbocycles. The Morgan fingerprint density at radius 2 is 0.964 bits per heavy atom. The minimum atomic E-state index is 0.562. The van der Waals surface area contributed by atoms with Crippen LogP contribution in [0.1, 0.15) is 11.1 Å². The molecule has 2 heteroatoms. The lowest BCUT2D eigenvalue weighted by Gasteiger charge is -2.06. The largest absolute Gasteiger partial charge is 0.383 e. The van der Waals surface area contributed by atoms with Crippen LogP contribution in [0.15, 0.2) is 114 Å². The molecule has 0 aliphatic carbocycles. The van der Waals surface area contributed by atoms with Gasteiger partial charge in [-0.2, -0.15) is 0 Å². The number of aliphatic imine (C=N–C) groups is 1. The van der Waals surface area contributed by atoms with Crippen LogP contribution in [0, 0.1) is 0 Å². The van der Waals surface area contributed by atoms with E-state index in [2.05, 4.69) is 77.8 Å². The van der Waals surface area contributed by atoms with Crippen LogP contribution in [-0.4, -0.2) is 5.84 Å². The zero-order chi connectivity index (χ0) is 19.2. The highest BCUT2D eigenvalue weighted by molar-refractivity contribution is 5.97. The first-order valence-electron chi connectivity index (χ1n) is 9.40. The fourth-order valence-corrected chi connectivity index (χ4v) is 3.16. The van der Waals surface area contributed by atoms with E-state index in [1.807, 2.05) is 36.4 Å². The first-order chi connectivity index (χ1) is 13.8. The van der Waals surface area contributed by atoms with E-state index < -0.39 is 0 Å². The molecule has 4 rings (SSSR count). The van der Waals surface area contributed by atoms with E-state index >= 15 is 0 Å². The van der Waals surface area contributed by atoms with E-state index in [0.717, 1.165) is 11.1 Å². The Morgan fingerprint density at radius 1 is 0.536 bits per heavy atom. The Balaban J connectivity index is 1.44. The van der Waals surface area contributed by atoms with Gasteiger partial charge in [-0.3, -0.25) is 4.99 Å². The second-order valence-corrected chi connectivity index (χ2v) is 6.71. The smallest absolute Gasteiger partial charge is 0.125 e. The molecular formula is C26H22N2. The zero-order valence-electron chi connectivity index (χ0n) is 15.6. The van der Waals surface area contributed by atoms with E-state index in [0.29, 0.717) is 12.4 Å². The number of benzene rings is 4. The summed E-state index contributed by atoms with van der Waals surface area (Å²) in [4.78, 5) is 4.56. The van der Waals surface area contributed by atoms with Gasteiger partial charge < -0.3 is 5.73 Å². The highest BCUT2D eigenvalue weighted by atomic mass is 14.8. The Morgan fingerprint density at radius 3 is 1.46 bits per heavy atom. The Labute approximate surface area is 166 Å². The fraction of sp³-hybridized carbons (Fsp3) is 0.0385. The SMILES string of the molecule is NC(=NCc1ccc(-c2ccccc2)cc1)c1ccc(-c2ccccc2)cc1. The van der Waals surface area contributed by atoms with Crippen molar-refractivity contribution in [3.8, 4) is 22.3 Å². The maximum absolute atomic E-state index is 6.20. The van der Waals surface area contributed by atoms with Gasteiger partial charge in [-0.15, -0.1) is 0 Å². The molecule has 0 aliphatic rings. The quantitative estimate of drug-likeness (QED) is 0.347. The maximum atomic E-state index is 6.20. The molecule has 136 valence electrons. The van der Waals surface area contributed by atoms with Crippen molar-refractivity contribution in [3.63, 3.8) is 0 Å². The molecule has 0 fully saturated rings. The van der Waals surface area contributed by atoms with E-state index in [4.69, 9.17) is 5.73 Å². The van der Waals surface area contributed by atoms with E-state index in [-0.39, 0.29) is 0 Å². The van der Waals surface area contributed by atoms with E-state index in [1.165, 1.54) is 22.3 Å². The molecule has 28 heavy (non-hydrogen) atoms. The van der Waals surface area contributed by atoms with Crippen molar-refractivity contribution in [2.45, 2.75) is 6.54 Å². The zero-order valence-corrected chi connectivity index (χ0v) is 15.6. The van der Waals surface area contributed by atoms with Crippen LogP contribution in [0.4, 0.5) is 0 Å². The Kier molecular flexibility index (Phi) is 5.30. The third kappa shape index (κ3) is 4.18. The molecule has 0 unspecified atom stereocenters. The van der Waals surface area contributed by atoms with Gasteiger partial charge in [0, 0.05) is 5.56 Å². The number of nitrogens with zero attached hydrogens (tertiary/aromatic N) is 1. The maximum Gasteiger partial charge on any atom is 0.125 e. The molecule has 0 atom stereocenters. The summed E-state index contributed by atoms with van der Waals surface area (Å²) < 4.78 is 0. The van der Waals surface area contributed by atoms with Crippen molar-refractivity contribution in [1.29, 1.82) is 0 Å². The van der Waals surface area contributed by atoms with Crippen molar-refractivity contribution in [2.24, 2.45) is 10.7 Å². The first kappa shape index (κ1) is 17.7. The van der Waals surface area contributed by atoms with Crippen LogP contribution < -0.4 is 5.73 Å². The van der Waals surface area contributed by atoms with Crippen molar-refractivity contribution in [2.75, 3.05) is 0 Å².